The smallest absolute Gasteiger partial charge is 0.237 e. The van der Waals surface area contributed by atoms with E-state index in [-0.39, 0.29) is 11.7 Å². The molecule has 2 aromatic rings. The maximum Gasteiger partial charge on any atom is 0.237 e. The number of benzene rings is 1. The number of hydrogen-bond donors (Lipinski definition) is 0. The van der Waals surface area contributed by atoms with Crippen molar-refractivity contribution < 1.29 is 9.32 Å². The van der Waals surface area contributed by atoms with Crippen molar-refractivity contribution in [3.8, 4) is 11.4 Å². The molecule has 0 saturated heterocycles. The first-order valence-electron chi connectivity index (χ1n) is 6.86. The van der Waals surface area contributed by atoms with Gasteiger partial charge < -0.3 is 4.52 Å². The predicted octanol–water partition coefficient (Wildman–Crippen LogP) is 4.01. The third kappa shape index (κ3) is 2.75. The lowest BCUT2D eigenvalue weighted by molar-refractivity contribution is -0.120. The molecule has 0 bridgehead atoms. The molecule has 104 valence electrons. The fraction of sp³-hybridized carbons (Fsp3) is 0.400. The van der Waals surface area contributed by atoms with Gasteiger partial charge in [-0.1, -0.05) is 41.7 Å². The molecular formula is C15H15ClN2O2. The second kappa shape index (κ2) is 5.75. The molecule has 1 fully saturated rings. The van der Waals surface area contributed by atoms with E-state index < -0.39 is 0 Å². The predicted molar refractivity (Wildman–Crippen MR) is 75.6 cm³/mol. The third-order valence-electron chi connectivity index (χ3n) is 3.63. The molecule has 1 aliphatic rings. The number of nitrogens with zero attached hydrogens (tertiary/aromatic N) is 2. The van der Waals surface area contributed by atoms with Crippen molar-refractivity contribution in [2.75, 3.05) is 0 Å². The topological polar surface area (TPSA) is 56.0 Å². The lowest BCUT2D eigenvalue weighted by atomic mass is 9.99. The Morgan fingerprint density at radius 3 is 3.00 bits per heavy atom. The van der Waals surface area contributed by atoms with Crippen molar-refractivity contribution in [3.63, 3.8) is 0 Å². The Hall–Kier alpha value is -1.68. The van der Waals surface area contributed by atoms with Crippen LogP contribution in [0.15, 0.2) is 28.8 Å². The second-order valence-corrected chi connectivity index (χ2v) is 5.52. The molecule has 0 aliphatic heterocycles. The van der Waals surface area contributed by atoms with Crippen LogP contribution in [-0.2, 0) is 4.79 Å². The van der Waals surface area contributed by atoms with E-state index in [1.54, 1.807) is 12.1 Å². The van der Waals surface area contributed by atoms with Gasteiger partial charge in [0, 0.05) is 17.0 Å². The quantitative estimate of drug-likeness (QED) is 0.784. The zero-order valence-electron chi connectivity index (χ0n) is 11.0. The van der Waals surface area contributed by atoms with Gasteiger partial charge >= 0.3 is 0 Å². The summed E-state index contributed by atoms with van der Waals surface area (Å²) < 4.78 is 5.30. The Bertz CT molecular complexity index is 624. The number of carbonyl (C=O) groups excluding carboxylic acids is 1. The number of rotatable bonds is 2. The van der Waals surface area contributed by atoms with Crippen molar-refractivity contribution in [1.29, 1.82) is 0 Å². The first kappa shape index (κ1) is 13.3. The highest BCUT2D eigenvalue weighted by molar-refractivity contribution is 6.30. The highest BCUT2D eigenvalue weighted by Gasteiger charge is 2.27. The fourth-order valence-corrected chi connectivity index (χ4v) is 2.73. The van der Waals surface area contributed by atoms with Crippen LogP contribution >= 0.6 is 11.6 Å². The van der Waals surface area contributed by atoms with Crippen LogP contribution in [0.25, 0.3) is 11.4 Å². The van der Waals surface area contributed by atoms with Crippen LogP contribution in [0.3, 0.4) is 0 Å². The van der Waals surface area contributed by atoms with E-state index in [2.05, 4.69) is 10.1 Å². The Morgan fingerprint density at radius 2 is 2.15 bits per heavy atom. The van der Waals surface area contributed by atoms with Crippen molar-refractivity contribution in [3.05, 3.63) is 35.2 Å². The fourth-order valence-electron chi connectivity index (χ4n) is 2.54. The molecule has 1 saturated carbocycles. The first-order chi connectivity index (χ1) is 9.74. The van der Waals surface area contributed by atoms with Crippen molar-refractivity contribution in [2.24, 2.45) is 0 Å². The van der Waals surface area contributed by atoms with Crippen LogP contribution in [0.2, 0.25) is 5.02 Å². The lowest BCUT2D eigenvalue weighted by Crippen LogP contribution is -2.10. The highest BCUT2D eigenvalue weighted by Crippen LogP contribution is 2.29. The van der Waals surface area contributed by atoms with E-state index in [1.807, 2.05) is 12.1 Å². The van der Waals surface area contributed by atoms with Crippen LogP contribution in [-0.4, -0.2) is 15.9 Å². The van der Waals surface area contributed by atoms with E-state index in [0.717, 1.165) is 31.2 Å². The number of carbonyl (C=O) groups is 1. The minimum absolute atomic E-state index is 0.212. The molecule has 1 heterocycles. The molecule has 4 nitrogen and oxygen atoms in total. The molecular weight excluding hydrogens is 276 g/mol. The van der Waals surface area contributed by atoms with Crippen LogP contribution < -0.4 is 0 Å². The largest absolute Gasteiger partial charge is 0.338 e. The summed E-state index contributed by atoms with van der Waals surface area (Å²) in [7, 11) is 0. The maximum atomic E-state index is 12.1. The summed E-state index contributed by atoms with van der Waals surface area (Å²) in [6.45, 7) is 0. The van der Waals surface area contributed by atoms with Crippen LogP contribution in [0, 0.1) is 0 Å². The summed E-state index contributed by atoms with van der Waals surface area (Å²) in [4.78, 5) is 16.4. The van der Waals surface area contributed by atoms with E-state index in [4.69, 9.17) is 16.1 Å². The lowest BCUT2D eigenvalue weighted by Gasteiger charge is -2.06. The SMILES string of the molecule is O=C1CCCCCC1c1nc(-c2cccc(Cl)c2)no1. The average molecular weight is 291 g/mol. The molecule has 0 radical (unpaired) electrons. The number of Topliss-reactive ketones (excluding diaryl/α,β-unsaturated/α-hetero) is 1. The molecule has 1 aromatic carbocycles. The standard InChI is InChI=1S/C15H15ClN2O2/c16-11-6-4-5-10(9-11)14-17-15(20-18-14)12-7-2-1-3-8-13(12)19/h4-6,9,12H,1-3,7-8H2. The summed E-state index contributed by atoms with van der Waals surface area (Å²) in [6.07, 6.45) is 4.50. The Balaban J connectivity index is 1.87. The zero-order valence-corrected chi connectivity index (χ0v) is 11.8. The second-order valence-electron chi connectivity index (χ2n) is 5.08. The Kier molecular flexibility index (Phi) is 3.83. The summed E-state index contributed by atoms with van der Waals surface area (Å²) in [6, 6.07) is 7.28. The molecule has 0 N–H and O–H groups in total. The van der Waals surface area contributed by atoms with Crippen molar-refractivity contribution in [1.82, 2.24) is 10.1 Å². The monoisotopic (exact) mass is 290 g/mol. The minimum Gasteiger partial charge on any atom is -0.338 e. The van der Waals surface area contributed by atoms with Gasteiger partial charge in [0.1, 0.15) is 5.78 Å². The molecule has 3 rings (SSSR count). The first-order valence-corrected chi connectivity index (χ1v) is 7.24. The van der Waals surface area contributed by atoms with Crippen molar-refractivity contribution in [2.45, 2.75) is 38.0 Å². The van der Waals surface area contributed by atoms with Crippen LogP contribution in [0.5, 0.6) is 0 Å². The van der Waals surface area contributed by atoms with E-state index in [1.165, 1.54) is 0 Å². The number of halogens is 1. The molecule has 1 aromatic heterocycles. The minimum atomic E-state index is -0.238. The molecule has 1 unspecified atom stereocenters. The van der Waals surface area contributed by atoms with Gasteiger partial charge in [-0.2, -0.15) is 4.98 Å². The zero-order chi connectivity index (χ0) is 13.9. The van der Waals surface area contributed by atoms with E-state index in [9.17, 15) is 4.79 Å². The number of hydrogen-bond acceptors (Lipinski definition) is 4. The van der Waals surface area contributed by atoms with Gasteiger partial charge in [0.05, 0.1) is 5.92 Å². The normalized spacial score (nSPS) is 19.9. The van der Waals surface area contributed by atoms with Crippen LogP contribution in [0.4, 0.5) is 0 Å². The van der Waals surface area contributed by atoms with Crippen molar-refractivity contribution >= 4 is 17.4 Å². The molecule has 1 atom stereocenters. The van der Waals surface area contributed by atoms with E-state index >= 15 is 0 Å². The summed E-state index contributed by atoms with van der Waals surface area (Å²) >= 11 is 5.95. The molecule has 5 heteroatoms. The van der Waals surface area contributed by atoms with Gasteiger partial charge in [-0.25, -0.2) is 0 Å². The number of aromatic nitrogens is 2. The van der Waals surface area contributed by atoms with E-state index in [0.29, 0.717) is 23.2 Å². The van der Waals surface area contributed by atoms with Gasteiger partial charge in [0.25, 0.3) is 0 Å². The summed E-state index contributed by atoms with van der Waals surface area (Å²) in [5.74, 6) is 0.896. The maximum absolute atomic E-state index is 12.1. The van der Waals surface area contributed by atoms with Gasteiger partial charge in [-0.05, 0) is 25.0 Å². The molecule has 0 spiro atoms. The van der Waals surface area contributed by atoms with Gasteiger partial charge in [-0.3, -0.25) is 4.79 Å². The molecule has 1 aliphatic carbocycles. The van der Waals surface area contributed by atoms with Gasteiger partial charge in [0.15, 0.2) is 0 Å². The molecule has 20 heavy (non-hydrogen) atoms. The highest BCUT2D eigenvalue weighted by atomic mass is 35.5. The average Bonchev–Trinajstić information content (AvgIpc) is 2.82. The summed E-state index contributed by atoms with van der Waals surface area (Å²) in [5.41, 5.74) is 0.800. The number of ketones is 1. The summed E-state index contributed by atoms with van der Waals surface area (Å²) in [5, 5.41) is 4.60. The van der Waals surface area contributed by atoms with Gasteiger partial charge in [-0.15, -0.1) is 0 Å². The third-order valence-corrected chi connectivity index (χ3v) is 3.86. The molecule has 0 amide bonds. The van der Waals surface area contributed by atoms with Gasteiger partial charge in [0.2, 0.25) is 11.7 Å². The van der Waals surface area contributed by atoms with Crippen LogP contribution in [0.1, 0.15) is 43.9 Å². The Morgan fingerprint density at radius 1 is 1.25 bits per heavy atom. The Labute approximate surface area is 122 Å².